The van der Waals surface area contributed by atoms with Crippen LogP contribution in [0.15, 0.2) is 12.3 Å². The predicted octanol–water partition coefficient (Wildman–Crippen LogP) is 2.04. The lowest BCUT2D eigenvalue weighted by atomic mass is 9.66. The second kappa shape index (κ2) is 4.86. The second-order valence-corrected chi connectivity index (χ2v) is 6.61. The highest BCUT2D eigenvalue weighted by atomic mass is 31.0. The smallest absolute Gasteiger partial charge is 0.145 e. The molecule has 1 unspecified atom stereocenters. The van der Waals surface area contributed by atoms with Gasteiger partial charge in [0.15, 0.2) is 0 Å². The van der Waals surface area contributed by atoms with Crippen molar-refractivity contribution in [1.82, 2.24) is 10.3 Å². The molecule has 0 radical (unpaired) electrons. The van der Waals surface area contributed by atoms with Gasteiger partial charge in [0.05, 0.1) is 5.69 Å². The zero-order chi connectivity index (χ0) is 12.6. The van der Waals surface area contributed by atoms with Gasteiger partial charge in [-0.15, -0.1) is 9.24 Å². The molecule has 1 aromatic heterocycles. The van der Waals surface area contributed by atoms with Crippen LogP contribution in [0.4, 0.5) is 4.39 Å². The van der Waals surface area contributed by atoms with Crippen molar-refractivity contribution < 1.29 is 4.39 Å². The molecule has 1 aliphatic carbocycles. The van der Waals surface area contributed by atoms with Crippen LogP contribution >= 0.6 is 9.24 Å². The summed E-state index contributed by atoms with van der Waals surface area (Å²) in [5.41, 5.74) is 1.24. The van der Waals surface area contributed by atoms with Gasteiger partial charge in [-0.05, 0) is 54.8 Å². The molecule has 18 heavy (non-hydrogen) atoms. The quantitative estimate of drug-likeness (QED) is 0.829. The Balaban J connectivity index is 1.60. The summed E-state index contributed by atoms with van der Waals surface area (Å²) < 4.78 is 13.7. The van der Waals surface area contributed by atoms with Gasteiger partial charge in [0, 0.05) is 19.3 Å². The molecule has 98 valence electrons. The molecule has 0 bridgehead atoms. The standard InChI is InChI=1S/C14H20FN2P/c15-12-6-11(18)7-17-13(12)5-10-1-3-14(4-2-10)8-16-9-14/h6-7,10,16H,1-5,8-9,18H2. The molecule has 1 atom stereocenters. The van der Waals surface area contributed by atoms with Crippen LogP contribution in [0.2, 0.25) is 0 Å². The first kappa shape index (κ1) is 12.5. The van der Waals surface area contributed by atoms with Gasteiger partial charge in [-0.2, -0.15) is 0 Å². The van der Waals surface area contributed by atoms with Gasteiger partial charge in [-0.3, -0.25) is 4.98 Å². The Morgan fingerprint density at radius 3 is 2.67 bits per heavy atom. The minimum atomic E-state index is -0.145. The largest absolute Gasteiger partial charge is 0.316 e. The Hall–Kier alpha value is -0.530. The van der Waals surface area contributed by atoms with Crippen LogP contribution in [-0.4, -0.2) is 18.1 Å². The van der Waals surface area contributed by atoms with Crippen LogP contribution in [0.1, 0.15) is 31.4 Å². The van der Waals surface area contributed by atoms with Gasteiger partial charge >= 0.3 is 0 Å². The van der Waals surface area contributed by atoms with E-state index in [0.717, 1.165) is 11.7 Å². The minimum absolute atomic E-state index is 0.145. The van der Waals surface area contributed by atoms with E-state index >= 15 is 0 Å². The van der Waals surface area contributed by atoms with Crippen molar-refractivity contribution in [3.05, 3.63) is 23.8 Å². The summed E-state index contributed by atoms with van der Waals surface area (Å²) >= 11 is 0. The van der Waals surface area contributed by atoms with Gasteiger partial charge in [0.25, 0.3) is 0 Å². The summed E-state index contributed by atoms with van der Waals surface area (Å²) in [4.78, 5) is 4.23. The number of pyridine rings is 1. The minimum Gasteiger partial charge on any atom is -0.316 e. The van der Waals surface area contributed by atoms with Gasteiger partial charge in [0.1, 0.15) is 5.82 Å². The highest BCUT2D eigenvalue weighted by Crippen LogP contribution is 2.42. The molecule has 1 saturated heterocycles. The summed E-state index contributed by atoms with van der Waals surface area (Å²) in [5, 5.41) is 4.20. The van der Waals surface area contributed by atoms with Crippen molar-refractivity contribution in [3.8, 4) is 0 Å². The molecule has 0 amide bonds. The maximum absolute atomic E-state index is 13.7. The molecular weight excluding hydrogens is 246 g/mol. The van der Waals surface area contributed by atoms with Crippen LogP contribution in [-0.2, 0) is 6.42 Å². The van der Waals surface area contributed by atoms with E-state index in [-0.39, 0.29) is 5.82 Å². The average Bonchev–Trinajstić information content (AvgIpc) is 2.32. The molecule has 3 rings (SSSR count). The SMILES string of the molecule is Fc1cc(P)cnc1CC1CCC2(CC1)CNC2. The van der Waals surface area contributed by atoms with E-state index in [1.54, 1.807) is 12.3 Å². The van der Waals surface area contributed by atoms with E-state index in [1.807, 2.05) is 0 Å². The molecule has 2 fully saturated rings. The first-order valence-corrected chi connectivity index (χ1v) is 7.35. The van der Waals surface area contributed by atoms with Crippen LogP contribution in [0.25, 0.3) is 0 Å². The summed E-state index contributed by atoms with van der Waals surface area (Å²) in [6, 6.07) is 1.56. The number of nitrogens with one attached hydrogen (secondary N) is 1. The predicted molar refractivity (Wildman–Crippen MR) is 74.5 cm³/mol. The lowest BCUT2D eigenvalue weighted by Crippen LogP contribution is -2.54. The molecule has 2 heterocycles. The molecule has 2 aliphatic rings. The molecule has 4 heteroatoms. The van der Waals surface area contributed by atoms with E-state index < -0.39 is 0 Å². The second-order valence-electron chi connectivity index (χ2n) is 5.95. The molecule has 1 saturated carbocycles. The maximum Gasteiger partial charge on any atom is 0.145 e. The number of nitrogens with zero attached hydrogens (tertiary/aromatic N) is 1. The molecule has 1 aliphatic heterocycles. The van der Waals surface area contributed by atoms with Crippen molar-refractivity contribution in [2.24, 2.45) is 11.3 Å². The lowest BCUT2D eigenvalue weighted by molar-refractivity contribution is 0.0813. The zero-order valence-corrected chi connectivity index (χ0v) is 11.7. The van der Waals surface area contributed by atoms with E-state index in [9.17, 15) is 4.39 Å². The van der Waals surface area contributed by atoms with Gasteiger partial charge in [-0.25, -0.2) is 4.39 Å². The monoisotopic (exact) mass is 266 g/mol. The molecule has 1 N–H and O–H groups in total. The van der Waals surface area contributed by atoms with Gasteiger partial charge in [0.2, 0.25) is 0 Å². The summed E-state index contributed by atoms with van der Waals surface area (Å²) in [6.07, 6.45) is 7.60. The normalized spacial score (nSPS) is 23.0. The topological polar surface area (TPSA) is 24.9 Å². The first-order valence-electron chi connectivity index (χ1n) is 6.78. The Morgan fingerprint density at radius 1 is 1.39 bits per heavy atom. The summed E-state index contributed by atoms with van der Waals surface area (Å²) in [6.45, 7) is 2.38. The number of hydrogen-bond donors (Lipinski definition) is 1. The third-order valence-electron chi connectivity index (χ3n) is 4.59. The summed E-state index contributed by atoms with van der Waals surface area (Å²) in [7, 11) is 2.49. The molecule has 1 aromatic rings. The first-order chi connectivity index (χ1) is 8.67. The third kappa shape index (κ3) is 2.44. The zero-order valence-electron chi connectivity index (χ0n) is 10.6. The number of rotatable bonds is 2. The van der Waals surface area contributed by atoms with E-state index in [4.69, 9.17) is 0 Å². The summed E-state index contributed by atoms with van der Waals surface area (Å²) in [5.74, 6) is 0.474. The maximum atomic E-state index is 13.7. The van der Waals surface area contributed by atoms with Crippen molar-refractivity contribution in [2.45, 2.75) is 32.1 Å². The number of halogens is 1. The highest BCUT2D eigenvalue weighted by molar-refractivity contribution is 7.27. The number of aromatic nitrogens is 1. The van der Waals surface area contributed by atoms with Gasteiger partial charge in [-0.1, -0.05) is 0 Å². The van der Waals surface area contributed by atoms with Crippen LogP contribution in [0, 0.1) is 17.2 Å². The van der Waals surface area contributed by atoms with E-state index in [1.165, 1.54) is 38.8 Å². The lowest BCUT2D eigenvalue weighted by Gasteiger charge is -2.47. The van der Waals surface area contributed by atoms with Crippen molar-refractivity contribution >= 4 is 14.5 Å². The molecule has 1 spiro atoms. The van der Waals surface area contributed by atoms with Crippen LogP contribution < -0.4 is 10.6 Å². The average molecular weight is 266 g/mol. The fourth-order valence-electron chi connectivity index (χ4n) is 3.23. The Bertz CT molecular complexity index is 435. The van der Waals surface area contributed by atoms with Crippen molar-refractivity contribution in [1.29, 1.82) is 0 Å². The fourth-order valence-corrected chi connectivity index (χ4v) is 3.45. The van der Waals surface area contributed by atoms with Crippen LogP contribution in [0.5, 0.6) is 0 Å². The fraction of sp³-hybridized carbons (Fsp3) is 0.643. The molecule has 2 nitrogen and oxygen atoms in total. The Labute approximate surface area is 110 Å². The van der Waals surface area contributed by atoms with Crippen molar-refractivity contribution in [2.75, 3.05) is 13.1 Å². The van der Waals surface area contributed by atoms with E-state index in [0.29, 0.717) is 17.0 Å². The Morgan fingerprint density at radius 2 is 2.11 bits per heavy atom. The van der Waals surface area contributed by atoms with E-state index in [2.05, 4.69) is 19.5 Å². The third-order valence-corrected chi connectivity index (χ3v) is 4.90. The molecular formula is C14H20FN2P. The van der Waals surface area contributed by atoms with Gasteiger partial charge < -0.3 is 5.32 Å². The number of hydrogen-bond acceptors (Lipinski definition) is 2. The Kier molecular flexibility index (Phi) is 3.38. The van der Waals surface area contributed by atoms with Crippen LogP contribution in [0.3, 0.4) is 0 Å². The van der Waals surface area contributed by atoms with Crippen molar-refractivity contribution in [3.63, 3.8) is 0 Å². The molecule has 0 aromatic carbocycles. The highest BCUT2D eigenvalue weighted by Gasteiger charge is 2.40.